The number of nitrogens with two attached hydrogens (primary N) is 2. The summed E-state index contributed by atoms with van der Waals surface area (Å²) in [5.41, 5.74) is 10.5. The molecule has 104 valence electrons. The maximum absolute atomic E-state index is 11.6. The summed E-state index contributed by atoms with van der Waals surface area (Å²) in [6.45, 7) is 0. The zero-order chi connectivity index (χ0) is 14.1. The van der Waals surface area contributed by atoms with Crippen molar-refractivity contribution >= 4 is 29.5 Å². The minimum Gasteiger partial charge on any atom is -0.480 e. The molecule has 0 saturated heterocycles. The van der Waals surface area contributed by atoms with Crippen molar-refractivity contribution in [1.82, 2.24) is 5.32 Å². The van der Waals surface area contributed by atoms with Crippen LogP contribution in [0.1, 0.15) is 19.3 Å². The highest BCUT2D eigenvalue weighted by Crippen LogP contribution is 2.01. The van der Waals surface area contributed by atoms with Crippen LogP contribution in [0.5, 0.6) is 0 Å². The quantitative estimate of drug-likeness (QED) is 0.422. The van der Waals surface area contributed by atoms with Crippen molar-refractivity contribution in [3.8, 4) is 0 Å². The van der Waals surface area contributed by atoms with E-state index >= 15 is 0 Å². The van der Waals surface area contributed by atoms with Crippen LogP contribution in [-0.2, 0) is 14.4 Å². The number of rotatable bonds is 9. The van der Waals surface area contributed by atoms with E-state index in [9.17, 15) is 14.4 Å². The van der Waals surface area contributed by atoms with Gasteiger partial charge in [0.25, 0.3) is 0 Å². The van der Waals surface area contributed by atoms with E-state index < -0.39 is 29.9 Å². The minimum absolute atomic E-state index is 0.0361. The molecule has 0 aliphatic rings. The molecule has 7 nitrogen and oxygen atoms in total. The van der Waals surface area contributed by atoms with Crippen LogP contribution in [0.3, 0.4) is 0 Å². The second-order valence-corrected chi connectivity index (χ2v) is 4.78. The Morgan fingerprint density at radius 3 is 2.39 bits per heavy atom. The molecule has 6 N–H and O–H groups in total. The van der Waals surface area contributed by atoms with Gasteiger partial charge in [-0.05, 0) is 24.9 Å². The Morgan fingerprint density at radius 2 is 1.94 bits per heavy atom. The molecule has 0 aromatic carbocycles. The average Bonchev–Trinajstić information content (AvgIpc) is 2.30. The highest BCUT2D eigenvalue weighted by molar-refractivity contribution is 7.98. The van der Waals surface area contributed by atoms with Crippen LogP contribution in [0.4, 0.5) is 0 Å². The zero-order valence-electron chi connectivity index (χ0n) is 10.2. The molecule has 0 bridgehead atoms. The van der Waals surface area contributed by atoms with E-state index in [1.807, 2.05) is 6.26 Å². The molecule has 0 saturated carbocycles. The highest BCUT2D eigenvalue weighted by Gasteiger charge is 2.23. The van der Waals surface area contributed by atoms with Crippen molar-refractivity contribution in [2.45, 2.75) is 31.3 Å². The first kappa shape index (κ1) is 16.7. The van der Waals surface area contributed by atoms with Crippen molar-refractivity contribution in [3.63, 3.8) is 0 Å². The zero-order valence-corrected chi connectivity index (χ0v) is 11.0. The fourth-order valence-corrected chi connectivity index (χ4v) is 1.69. The van der Waals surface area contributed by atoms with Crippen molar-refractivity contribution in [1.29, 1.82) is 0 Å². The molecule has 0 aromatic heterocycles. The summed E-state index contributed by atoms with van der Waals surface area (Å²) >= 11 is 1.55. The molecule has 0 aliphatic carbocycles. The first-order valence-corrected chi connectivity index (χ1v) is 6.83. The lowest BCUT2D eigenvalue weighted by Gasteiger charge is -2.17. The molecule has 0 fully saturated rings. The Labute approximate surface area is 110 Å². The fourth-order valence-electron chi connectivity index (χ4n) is 1.20. The Hall–Kier alpha value is -1.28. The largest absolute Gasteiger partial charge is 0.480 e. The molecule has 2 amide bonds. The Bertz CT molecular complexity index is 311. The third kappa shape index (κ3) is 7.13. The predicted octanol–water partition coefficient (Wildman–Crippen LogP) is -1.10. The van der Waals surface area contributed by atoms with Gasteiger partial charge in [0.2, 0.25) is 11.8 Å². The summed E-state index contributed by atoms with van der Waals surface area (Å²) in [6.07, 6.45) is 2.22. The van der Waals surface area contributed by atoms with Gasteiger partial charge < -0.3 is 21.9 Å². The van der Waals surface area contributed by atoms with Crippen molar-refractivity contribution < 1.29 is 19.5 Å². The van der Waals surface area contributed by atoms with Gasteiger partial charge in [-0.15, -0.1) is 0 Å². The summed E-state index contributed by atoms with van der Waals surface area (Å²) in [5.74, 6) is -1.63. The number of carbonyl (C=O) groups is 3. The monoisotopic (exact) mass is 277 g/mol. The minimum atomic E-state index is -1.21. The van der Waals surface area contributed by atoms with E-state index in [1.165, 1.54) is 0 Å². The van der Waals surface area contributed by atoms with Gasteiger partial charge in [0, 0.05) is 6.42 Å². The molecule has 0 aliphatic heterocycles. The lowest BCUT2D eigenvalue weighted by atomic mass is 10.1. The van der Waals surface area contributed by atoms with E-state index in [-0.39, 0.29) is 12.8 Å². The first-order chi connectivity index (χ1) is 8.38. The second-order valence-electron chi connectivity index (χ2n) is 3.79. The maximum Gasteiger partial charge on any atom is 0.326 e. The molecule has 0 rings (SSSR count). The van der Waals surface area contributed by atoms with Crippen LogP contribution in [0.25, 0.3) is 0 Å². The molecule has 0 aromatic rings. The number of aliphatic carboxylic acids is 1. The van der Waals surface area contributed by atoms with Crippen molar-refractivity contribution in [2.24, 2.45) is 11.5 Å². The highest BCUT2D eigenvalue weighted by atomic mass is 32.2. The summed E-state index contributed by atoms with van der Waals surface area (Å²) in [6, 6.07) is -1.88. The van der Waals surface area contributed by atoms with Gasteiger partial charge in [-0.25, -0.2) is 4.79 Å². The number of amides is 2. The lowest BCUT2D eigenvalue weighted by Crippen LogP contribution is -2.48. The number of carboxylic acid groups (broad SMARTS) is 1. The van der Waals surface area contributed by atoms with Gasteiger partial charge in [0.05, 0.1) is 6.04 Å². The number of carbonyl (C=O) groups excluding carboxylic acids is 2. The predicted molar refractivity (Wildman–Crippen MR) is 69.0 cm³/mol. The Balaban J connectivity index is 4.26. The molecule has 0 radical (unpaired) electrons. The third-order valence-corrected chi connectivity index (χ3v) is 2.91. The standard InChI is InChI=1S/C10H19N3O4S/c1-18-5-4-6(11)9(15)13-7(10(16)17)2-3-8(12)14/h6-7H,2-5,11H2,1H3,(H2,12,14)(H,13,15)(H,16,17). The van der Waals surface area contributed by atoms with E-state index in [4.69, 9.17) is 16.6 Å². The van der Waals surface area contributed by atoms with Crippen LogP contribution >= 0.6 is 11.8 Å². The Morgan fingerprint density at radius 1 is 1.33 bits per heavy atom. The lowest BCUT2D eigenvalue weighted by molar-refractivity contribution is -0.142. The van der Waals surface area contributed by atoms with Gasteiger partial charge in [0.15, 0.2) is 0 Å². The van der Waals surface area contributed by atoms with E-state index in [0.717, 1.165) is 0 Å². The topological polar surface area (TPSA) is 136 Å². The molecule has 2 atom stereocenters. The number of hydrogen-bond donors (Lipinski definition) is 4. The van der Waals surface area contributed by atoms with E-state index in [1.54, 1.807) is 11.8 Å². The SMILES string of the molecule is CSCCC(N)C(=O)NC(CCC(N)=O)C(=O)O. The molecule has 0 spiro atoms. The van der Waals surface area contributed by atoms with Crippen LogP contribution in [-0.4, -0.2) is 47.0 Å². The van der Waals surface area contributed by atoms with Gasteiger partial charge in [-0.3, -0.25) is 9.59 Å². The first-order valence-electron chi connectivity index (χ1n) is 5.44. The fraction of sp³-hybridized carbons (Fsp3) is 0.700. The number of primary amides is 1. The van der Waals surface area contributed by atoms with Gasteiger partial charge >= 0.3 is 5.97 Å². The summed E-state index contributed by atoms with van der Waals surface area (Å²) < 4.78 is 0. The molecule has 8 heteroatoms. The molecule has 18 heavy (non-hydrogen) atoms. The number of thioether (sulfide) groups is 1. The average molecular weight is 277 g/mol. The van der Waals surface area contributed by atoms with Crippen LogP contribution < -0.4 is 16.8 Å². The summed E-state index contributed by atoms with van der Waals surface area (Å²) in [4.78, 5) is 33.0. The normalized spacial score (nSPS) is 13.7. The van der Waals surface area contributed by atoms with Crippen LogP contribution in [0.2, 0.25) is 0 Å². The molecular formula is C10H19N3O4S. The van der Waals surface area contributed by atoms with Gasteiger partial charge in [-0.2, -0.15) is 11.8 Å². The van der Waals surface area contributed by atoms with Gasteiger partial charge in [-0.1, -0.05) is 0 Å². The number of hydrogen-bond acceptors (Lipinski definition) is 5. The van der Waals surface area contributed by atoms with E-state index in [0.29, 0.717) is 12.2 Å². The summed E-state index contributed by atoms with van der Waals surface area (Å²) in [5, 5.41) is 11.2. The summed E-state index contributed by atoms with van der Waals surface area (Å²) in [7, 11) is 0. The molecule has 0 heterocycles. The van der Waals surface area contributed by atoms with Gasteiger partial charge in [0.1, 0.15) is 6.04 Å². The molecular weight excluding hydrogens is 258 g/mol. The van der Waals surface area contributed by atoms with Crippen LogP contribution in [0.15, 0.2) is 0 Å². The molecule has 2 unspecified atom stereocenters. The third-order valence-electron chi connectivity index (χ3n) is 2.26. The number of carboxylic acids is 1. The number of nitrogens with one attached hydrogen (secondary N) is 1. The second kappa shape index (κ2) is 8.76. The van der Waals surface area contributed by atoms with Crippen molar-refractivity contribution in [3.05, 3.63) is 0 Å². The van der Waals surface area contributed by atoms with E-state index in [2.05, 4.69) is 5.32 Å². The maximum atomic E-state index is 11.6. The smallest absolute Gasteiger partial charge is 0.326 e. The van der Waals surface area contributed by atoms with Crippen LogP contribution in [0, 0.1) is 0 Å². The van der Waals surface area contributed by atoms with Crippen molar-refractivity contribution in [2.75, 3.05) is 12.0 Å². The Kier molecular flexibility index (Phi) is 8.14.